The first-order valence-corrected chi connectivity index (χ1v) is 9.79. The van der Waals surface area contributed by atoms with Crippen molar-refractivity contribution < 1.29 is 19.1 Å². The van der Waals surface area contributed by atoms with Crippen LogP contribution in [0.15, 0.2) is 41.6 Å². The molecule has 1 fully saturated rings. The molecule has 7 heteroatoms. The number of piperidine rings is 1. The largest absolute Gasteiger partial charge is 0.463 e. The van der Waals surface area contributed by atoms with Crippen molar-refractivity contribution in [2.24, 2.45) is 5.92 Å². The van der Waals surface area contributed by atoms with E-state index in [9.17, 15) is 14.4 Å². The molecule has 1 atom stereocenters. The summed E-state index contributed by atoms with van der Waals surface area (Å²) in [7, 11) is 0. The molecule has 150 valence electrons. The Morgan fingerprint density at radius 2 is 1.86 bits per heavy atom. The average molecular weight is 385 g/mol. The van der Waals surface area contributed by atoms with Crippen LogP contribution in [0.2, 0.25) is 0 Å². The number of likely N-dealkylation sites (tertiary alicyclic amines) is 1. The smallest absolute Gasteiger partial charge is 0.337 e. The zero-order valence-corrected chi connectivity index (χ0v) is 16.4. The number of rotatable bonds is 6. The number of carbonyl (C=O) groups excluding carboxylic acids is 3. The lowest BCUT2D eigenvalue weighted by atomic mass is 9.88. The van der Waals surface area contributed by atoms with Crippen LogP contribution in [0, 0.1) is 5.92 Å². The third-order valence-electron chi connectivity index (χ3n) is 5.26. The fraction of sp³-hybridized carbons (Fsp3) is 0.476. The number of nitrogens with zero attached hydrogens (tertiary/aromatic N) is 1. The van der Waals surface area contributed by atoms with Crippen molar-refractivity contribution >= 4 is 17.8 Å². The summed E-state index contributed by atoms with van der Waals surface area (Å²) >= 11 is 0. The molecular formula is C21H27N3O4. The minimum atomic E-state index is -0.411. The van der Waals surface area contributed by atoms with Gasteiger partial charge in [0.05, 0.1) is 18.2 Å². The van der Waals surface area contributed by atoms with E-state index in [0.717, 1.165) is 31.5 Å². The van der Waals surface area contributed by atoms with Crippen LogP contribution in [0.1, 0.15) is 37.0 Å². The Morgan fingerprint density at radius 1 is 1.18 bits per heavy atom. The van der Waals surface area contributed by atoms with Crippen molar-refractivity contribution in [2.45, 2.75) is 32.7 Å². The number of carbonyl (C=O) groups is 3. The first kappa shape index (κ1) is 20.1. The molecule has 1 aromatic rings. The minimum absolute atomic E-state index is 0.0127. The minimum Gasteiger partial charge on any atom is -0.463 e. The molecule has 1 aromatic carbocycles. The maximum Gasteiger partial charge on any atom is 0.337 e. The maximum atomic E-state index is 12.6. The number of ketones is 1. The van der Waals surface area contributed by atoms with Gasteiger partial charge in [0.25, 0.3) is 0 Å². The van der Waals surface area contributed by atoms with Crippen LogP contribution in [0.25, 0.3) is 0 Å². The van der Waals surface area contributed by atoms with Crippen LogP contribution in [0.3, 0.4) is 0 Å². The van der Waals surface area contributed by atoms with Crippen LogP contribution in [0.5, 0.6) is 0 Å². The SMILES string of the molecule is CCOC(=O)C1=C(CN2CCC(C(=O)c3ccccc3)CC2)NC(=O)NC1C. The number of nitrogens with one attached hydrogen (secondary N) is 2. The number of amides is 2. The van der Waals surface area contributed by atoms with Gasteiger partial charge in [-0.15, -0.1) is 0 Å². The van der Waals surface area contributed by atoms with Gasteiger partial charge in [0.2, 0.25) is 0 Å². The summed E-state index contributed by atoms with van der Waals surface area (Å²) in [6, 6.07) is 8.67. The Balaban J connectivity index is 1.65. The molecule has 2 aliphatic heterocycles. The van der Waals surface area contributed by atoms with E-state index in [4.69, 9.17) is 4.74 Å². The Morgan fingerprint density at radius 3 is 2.50 bits per heavy atom. The molecule has 2 aliphatic rings. The molecule has 0 radical (unpaired) electrons. The predicted octanol–water partition coefficient (Wildman–Crippen LogP) is 2.10. The third kappa shape index (κ3) is 4.59. The average Bonchev–Trinajstić information content (AvgIpc) is 2.68. The molecule has 0 saturated carbocycles. The molecule has 0 spiro atoms. The highest BCUT2D eigenvalue weighted by Crippen LogP contribution is 2.23. The van der Waals surface area contributed by atoms with Gasteiger partial charge in [0.1, 0.15) is 0 Å². The lowest BCUT2D eigenvalue weighted by molar-refractivity contribution is -0.139. The molecule has 0 bridgehead atoms. The summed E-state index contributed by atoms with van der Waals surface area (Å²) in [5, 5.41) is 5.47. The van der Waals surface area contributed by atoms with Crippen LogP contribution in [-0.4, -0.2) is 55.0 Å². The van der Waals surface area contributed by atoms with E-state index < -0.39 is 12.0 Å². The summed E-state index contributed by atoms with van der Waals surface area (Å²) in [5.41, 5.74) is 1.80. The van der Waals surface area contributed by atoms with E-state index in [1.54, 1.807) is 13.8 Å². The normalized spacial score (nSPS) is 21.1. The van der Waals surface area contributed by atoms with E-state index in [1.807, 2.05) is 30.3 Å². The number of benzene rings is 1. The predicted molar refractivity (Wildman–Crippen MR) is 105 cm³/mol. The Labute approximate surface area is 165 Å². The van der Waals surface area contributed by atoms with Gasteiger partial charge in [-0.05, 0) is 39.8 Å². The number of Topliss-reactive ketones (excluding diaryl/α,β-unsaturated/α-hetero) is 1. The molecular weight excluding hydrogens is 358 g/mol. The maximum absolute atomic E-state index is 12.6. The number of hydrogen-bond acceptors (Lipinski definition) is 5. The van der Waals surface area contributed by atoms with E-state index in [0.29, 0.717) is 17.8 Å². The first-order valence-electron chi connectivity index (χ1n) is 9.79. The van der Waals surface area contributed by atoms with Crippen molar-refractivity contribution in [1.29, 1.82) is 0 Å². The molecule has 0 aromatic heterocycles. The van der Waals surface area contributed by atoms with Gasteiger partial charge in [-0.1, -0.05) is 30.3 Å². The topological polar surface area (TPSA) is 87.7 Å². The second kappa shape index (κ2) is 9.01. The lowest BCUT2D eigenvalue weighted by Crippen LogP contribution is -2.51. The molecule has 2 amide bonds. The van der Waals surface area contributed by atoms with Gasteiger partial charge in [0, 0.05) is 23.7 Å². The van der Waals surface area contributed by atoms with E-state index >= 15 is 0 Å². The fourth-order valence-electron chi connectivity index (χ4n) is 3.82. The number of esters is 1. The molecule has 3 rings (SSSR count). The zero-order valence-electron chi connectivity index (χ0n) is 16.4. The van der Waals surface area contributed by atoms with Crippen LogP contribution < -0.4 is 10.6 Å². The van der Waals surface area contributed by atoms with Gasteiger partial charge < -0.3 is 15.4 Å². The van der Waals surface area contributed by atoms with E-state index in [2.05, 4.69) is 15.5 Å². The fourth-order valence-corrected chi connectivity index (χ4v) is 3.82. The van der Waals surface area contributed by atoms with Crippen molar-refractivity contribution in [3.05, 3.63) is 47.2 Å². The summed E-state index contributed by atoms with van der Waals surface area (Å²) < 4.78 is 5.15. The Bertz CT molecular complexity index is 767. The lowest BCUT2D eigenvalue weighted by Gasteiger charge is -2.34. The van der Waals surface area contributed by atoms with Crippen molar-refractivity contribution in [2.75, 3.05) is 26.2 Å². The third-order valence-corrected chi connectivity index (χ3v) is 5.26. The second-order valence-corrected chi connectivity index (χ2v) is 7.21. The van der Waals surface area contributed by atoms with Crippen LogP contribution in [0.4, 0.5) is 4.79 Å². The number of hydrogen-bond donors (Lipinski definition) is 2. The van der Waals surface area contributed by atoms with Crippen molar-refractivity contribution in [3.8, 4) is 0 Å². The van der Waals surface area contributed by atoms with Gasteiger partial charge in [-0.25, -0.2) is 9.59 Å². The van der Waals surface area contributed by atoms with Crippen LogP contribution in [-0.2, 0) is 9.53 Å². The molecule has 1 saturated heterocycles. The standard InChI is InChI=1S/C21H27N3O4/c1-3-28-20(26)18-14(2)22-21(27)23-17(18)13-24-11-9-16(10-12-24)19(25)15-7-5-4-6-8-15/h4-8,14,16H,3,9-13H2,1-2H3,(H2,22,23,27). The summed E-state index contributed by atoms with van der Waals surface area (Å²) in [6.07, 6.45) is 1.52. The highest BCUT2D eigenvalue weighted by Gasteiger charge is 2.32. The quantitative estimate of drug-likeness (QED) is 0.578. The zero-order chi connectivity index (χ0) is 20.1. The molecule has 2 N–H and O–H groups in total. The second-order valence-electron chi connectivity index (χ2n) is 7.21. The summed E-state index contributed by atoms with van der Waals surface area (Å²) in [6.45, 7) is 5.74. The monoisotopic (exact) mass is 385 g/mol. The molecule has 2 heterocycles. The van der Waals surface area contributed by atoms with E-state index in [-0.39, 0.29) is 24.3 Å². The number of urea groups is 1. The van der Waals surface area contributed by atoms with Crippen molar-refractivity contribution in [1.82, 2.24) is 15.5 Å². The first-order chi connectivity index (χ1) is 13.5. The molecule has 1 unspecified atom stereocenters. The summed E-state index contributed by atoms with van der Waals surface area (Å²) in [4.78, 5) is 39.0. The number of ether oxygens (including phenoxy) is 1. The van der Waals surface area contributed by atoms with E-state index in [1.165, 1.54) is 0 Å². The summed E-state index contributed by atoms with van der Waals surface area (Å²) in [5.74, 6) is -0.208. The molecule has 7 nitrogen and oxygen atoms in total. The highest BCUT2D eigenvalue weighted by atomic mass is 16.5. The van der Waals surface area contributed by atoms with Gasteiger partial charge in [-0.2, -0.15) is 0 Å². The van der Waals surface area contributed by atoms with Gasteiger partial charge in [0.15, 0.2) is 5.78 Å². The highest BCUT2D eigenvalue weighted by molar-refractivity contribution is 5.98. The van der Waals surface area contributed by atoms with Gasteiger partial charge >= 0.3 is 12.0 Å². The van der Waals surface area contributed by atoms with Crippen molar-refractivity contribution in [3.63, 3.8) is 0 Å². The Hall–Kier alpha value is -2.67. The van der Waals surface area contributed by atoms with Crippen LogP contribution >= 0.6 is 0 Å². The Kier molecular flexibility index (Phi) is 6.46. The molecule has 0 aliphatic carbocycles. The van der Waals surface area contributed by atoms with Gasteiger partial charge in [-0.3, -0.25) is 9.69 Å². The molecule has 28 heavy (non-hydrogen) atoms.